The number of Topliss-reactive ketones (excluding diaryl/α,β-unsaturated/α-hetero) is 1. The second-order valence-corrected chi connectivity index (χ2v) is 7.44. The zero-order chi connectivity index (χ0) is 21.1. The van der Waals surface area contributed by atoms with E-state index in [-0.39, 0.29) is 39.8 Å². The summed E-state index contributed by atoms with van der Waals surface area (Å²) in [5.41, 5.74) is 0.762. The predicted octanol–water partition coefficient (Wildman–Crippen LogP) is 5.64. The fraction of sp³-hybridized carbons (Fsp3) is 0.0500. The Morgan fingerprint density at radius 2 is 1.94 bits per heavy atom. The van der Waals surface area contributed by atoms with E-state index in [9.17, 15) is 14.9 Å². The molecule has 2 aromatic carbocycles. The lowest BCUT2D eigenvalue weighted by Crippen LogP contribution is -2.05. The smallest absolute Gasteiger partial charge is 0.270 e. The Labute approximate surface area is 196 Å². The number of hydrogen-bond acceptors (Lipinski definition) is 7. The van der Waals surface area contributed by atoms with E-state index in [1.165, 1.54) is 24.5 Å². The van der Waals surface area contributed by atoms with Gasteiger partial charge in [-0.2, -0.15) is 0 Å². The Balaban J connectivity index is 0.00000272. The molecule has 0 radical (unpaired) electrons. The third-order valence-electron chi connectivity index (χ3n) is 4.18. The summed E-state index contributed by atoms with van der Waals surface area (Å²) >= 11 is 7.54. The number of hydrogen-bond donors (Lipinski definition) is 0. The number of nitro groups is 1. The number of para-hydroxylation sites is 1. The number of ketones is 1. The van der Waals surface area contributed by atoms with E-state index < -0.39 is 4.92 Å². The van der Waals surface area contributed by atoms with Crippen molar-refractivity contribution in [3.05, 3.63) is 87.6 Å². The maximum absolute atomic E-state index is 12.6. The highest BCUT2D eigenvalue weighted by molar-refractivity contribution is 8.93. The topological polar surface area (TPSA) is 104 Å². The average molecular weight is 522 g/mol. The first-order chi connectivity index (χ1) is 14.5. The van der Waals surface area contributed by atoms with E-state index in [0.29, 0.717) is 27.5 Å². The molecular weight excluding hydrogens is 508 g/mol. The van der Waals surface area contributed by atoms with Gasteiger partial charge in [0.15, 0.2) is 16.7 Å². The van der Waals surface area contributed by atoms with Gasteiger partial charge < -0.3 is 4.42 Å². The number of non-ortho nitro benzene ring substituents is 1. The number of halogens is 2. The maximum atomic E-state index is 12.6. The van der Waals surface area contributed by atoms with E-state index in [1.54, 1.807) is 34.9 Å². The minimum Gasteiger partial charge on any atom is -0.461 e. The first kappa shape index (κ1) is 22.7. The molecule has 0 N–H and O–H groups in total. The van der Waals surface area contributed by atoms with Crippen LogP contribution in [-0.4, -0.2) is 31.2 Å². The predicted molar refractivity (Wildman–Crippen MR) is 123 cm³/mol. The number of carbonyl (C=O) groups excluding carboxylic acids is 1. The summed E-state index contributed by atoms with van der Waals surface area (Å²) in [5, 5.41) is 20.3. The SMILES string of the molecule is Br.O=C(CSc1nnc(-c2ccco2)n1-c1ccccc1Cl)c1cccc([N+](=O)[O-])c1. The number of furan rings is 1. The molecule has 0 saturated heterocycles. The van der Waals surface area contributed by atoms with Crippen molar-refractivity contribution in [1.29, 1.82) is 0 Å². The molecule has 0 unspecified atom stereocenters. The second-order valence-electron chi connectivity index (χ2n) is 6.09. The fourth-order valence-electron chi connectivity index (χ4n) is 2.79. The van der Waals surface area contributed by atoms with Gasteiger partial charge >= 0.3 is 0 Å². The van der Waals surface area contributed by atoms with Crippen LogP contribution in [0.2, 0.25) is 5.02 Å². The molecule has 0 atom stereocenters. The van der Waals surface area contributed by atoms with Crippen LogP contribution in [0.1, 0.15) is 10.4 Å². The van der Waals surface area contributed by atoms with Gasteiger partial charge in [-0.05, 0) is 24.3 Å². The molecule has 2 aromatic heterocycles. The summed E-state index contributed by atoms with van der Waals surface area (Å²) in [6.07, 6.45) is 1.53. The molecule has 8 nitrogen and oxygen atoms in total. The van der Waals surface area contributed by atoms with Crippen LogP contribution in [0.4, 0.5) is 5.69 Å². The highest BCUT2D eigenvalue weighted by atomic mass is 79.9. The van der Waals surface area contributed by atoms with Gasteiger partial charge in [0.25, 0.3) is 5.69 Å². The van der Waals surface area contributed by atoms with Crippen molar-refractivity contribution in [2.24, 2.45) is 0 Å². The lowest BCUT2D eigenvalue weighted by atomic mass is 10.1. The minimum atomic E-state index is -0.534. The van der Waals surface area contributed by atoms with Crippen LogP contribution in [0, 0.1) is 10.1 Å². The van der Waals surface area contributed by atoms with Gasteiger partial charge in [-0.3, -0.25) is 19.5 Å². The van der Waals surface area contributed by atoms with E-state index in [2.05, 4.69) is 10.2 Å². The first-order valence-corrected chi connectivity index (χ1v) is 10.1. The number of carbonyl (C=O) groups is 1. The summed E-state index contributed by atoms with van der Waals surface area (Å²) in [5.74, 6) is 0.691. The van der Waals surface area contributed by atoms with E-state index in [0.717, 1.165) is 11.8 Å². The number of aromatic nitrogens is 3. The number of nitro benzene ring substituents is 1. The van der Waals surface area contributed by atoms with Gasteiger partial charge in [0.1, 0.15) is 0 Å². The standard InChI is InChI=1S/C20H13ClN4O4S.BrH/c21-15-7-1-2-8-16(15)24-19(18-9-4-10-29-18)22-23-20(24)30-12-17(26)13-5-3-6-14(11-13)25(27)28;/h1-11H,12H2;1H. The van der Waals surface area contributed by atoms with Crippen molar-refractivity contribution < 1.29 is 14.1 Å². The van der Waals surface area contributed by atoms with Crippen LogP contribution in [0.25, 0.3) is 17.3 Å². The molecule has 0 bridgehead atoms. The van der Waals surface area contributed by atoms with Gasteiger partial charge in [-0.25, -0.2) is 0 Å². The summed E-state index contributed by atoms with van der Waals surface area (Å²) in [6.45, 7) is 0. The molecule has 0 amide bonds. The zero-order valence-corrected chi connectivity index (χ0v) is 19.0. The molecule has 4 rings (SSSR count). The quantitative estimate of drug-likeness (QED) is 0.134. The van der Waals surface area contributed by atoms with Gasteiger partial charge in [0.05, 0.1) is 27.6 Å². The largest absolute Gasteiger partial charge is 0.461 e. The zero-order valence-electron chi connectivity index (χ0n) is 15.7. The normalized spacial score (nSPS) is 10.5. The Kier molecular flexibility index (Phi) is 7.26. The summed E-state index contributed by atoms with van der Waals surface area (Å²) < 4.78 is 7.17. The Hall–Kier alpha value is -2.95. The number of rotatable bonds is 7. The molecule has 0 aliphatic rings. The number of nitrogens with zero attached hydrogens (tertiary/aromatic N) is 4. The summed E-state index contributed by atoms with van der Waals surface area (Å²) in [7, 11) is 0. The van der Waals surface area contributed by atoms with Crippen molar-refractivity contribution >= 4 is 51.8 Å². The molecule has 0 aliphatic carbocycles. The summed E-state index contributed by atoms with van der Waals surface area (Å²) in [6, 6.07) is 16.3. The lowest BCUT2D eigenvalue weighted by molar-refractivity contribution is -0.384. The highest BCUT2D eigenvalue weighted by Gasteiger charge is 2.21. The van der Waals surface area contributed by atoms with Gasteiger partial charge in [-0.1, -0.05) is 47.6 Å². The minimum absolute atomic E-state index is 0. The Morgan fingerprint density at radius 3 is 2.65 bits per heavy atom. The summed E-state index contributed by atoms with van der Waals surface area (Å²) in [4.78, 5) is 23.0. The molecule has 2 heterocycles. The molecule has 158 valence electrons. The molecule has 31 heavy (non-hydrogen) atoms. The lowest BCUT2D eigenvalue weighted by Gasteiger charge is -2.10. The monoisotopic (exact) mass is 520 g/mol. The van der Waals surface area contributed by atoms with Gasteiger partial charge in [-0.15, -0.1) is 27.2 Å². The van der Waals surface area contributed by atoms with Crippen LogP contribution >= 0.6 is 40.3 Å². The average Bonchev–Trinajstić information content (AvgIpc) is 3.42. The first-order valence-electron chi connectivity index (χ1n) is 8.69. The van der Waals surface area contributed by atoms with Crippen molar-refractivity contribution in [2.45, 2.75) is 5.16 Å². The van der Waals surface area contributed by atoms with Crippen molar-refractivity contribution in [2.75, 3.05) is 5.75 Å². The van der Waals surface area contributed by atoms with E-state index in [1.807, 2.05) is 12.1 Å². The third-order valence-corrected chi connectivity index (χ3v) is 5.43. The van der Waals surface area contributed by atoms with Crippen LogP contribution in [-0.2, 0) is 0 Å². The fourth-order valence-corrected chi connectivity index (χ4v) is 3.84. The number of thioether (sulfide) groups is 1. The van der Waals surface area contributed by atoms with Crippen molar-refractivity contribution in [3.8, 4) is 17.3 Å². The molecule has 4 aromatic rings. The molecule has 0 spiro atoms. The Morgan fingerprint density at radius 1 is 1.13 bits per heavy atom. The van der Waals surface area contributed by atoms with Gasteiger partial charge in [0, 0.05) is 17.7 Å². The van der Waals surface area contributed by atoms with Crippen LogP contribution in [0.3, 0.4) is 0 Å². The van der Waals surface area contributed by atoms with Crippen molar-refractivity contribution in [1.82, 2.24) is 14.8 Å². The Bertz CT molecular complexity index is 1230. The number of benzene rings is 2. The highest BCUT2D eigenvalue weighted by Crippen LogP contribution is 2.31. The molecule has 0 saturated carbocycles. The van der Waals surface area contributed by atoms with Gasteiger partial charge in [0.2, 0.25) is 5.82 Å². The molecule has 0 aliphatic heterocycles. The maximum Gasteiger partial charge on any atom is 0.270 e. The van der Waals surface area contributed by atoms with Crippen LogP contribution in [0.15, 0.2) is 76.5 Å². The van der Waals surface area contributed by atoms with Crippen LogP contribution < -0.4 is 0 Å². The molecule has 0 fully saturated rings. The van der Waals surface area contributed by atoms with E-state index >= 15 is 0 Å². The van der Waals surface area contributed by atoms with Crippen LogP contribution in [0.5, 0.6) is 0 Å². The van der Waals surface area contributed by atoms with E-state index in [4.69, 9.17) is 16.0 Å². The third kappa shape index (κ3) is 4.87. The molecular formula is C20H14BrClN4O4S. The molecule has 11 heteroatoms. The van der Waals surface area contributed by atoms with Crippen molar-refractivity contribution in [3.63, 3.8) is 0 Å². The second kappa shape index (κ2) is 9.90.